The zero-order valence-corrected chi connectivity index (χ0v) is 15.5. The molecule has 0 aliphatic carbocycles. The molecule has 1 N–H and O–H groups in total. The van der Waals surface area contributed by atoms with Crippen molar-refractivity contribution in [2.75, 3.05) is 19.6 Å². The second-order valence-corrected chi connectivity index (χ2v) is 7.52. The van der Waals surface area contributed by atoms with Crippen molar-refractivity contribution in [1.29, 1.82) is 0 Å². The van der Waals surface area contributed by atoms with Crippen LogP contribution in [0.5, 0.6) is 0 Å². The molecule has 6 nitrogen and oxygen atoms in total. The van der Waals surface area contributed by atoms with E-state index in [-0.39, 0.29) is 11.8 Å². The van der Waals surface area contributed by atoms with Crippen LogP contribution < -0.4 is 0 Å². The Morgan fingerprint density at radius 1 is 1.35 bits per heavy atom. The van der Waals surface area contributed by atoms with Crippen LogP contribution in [0.25, 0.3) is 11.0 Å². The standard InChI is InChI=1S/C20H26N4O2/c1-3-10-24-17-9-11-23(12-14(17)7-8-18(24)25)20(26)15-5-4-6-16-19(15)22-13(2)21-16/h4-6,14,17H,3,7-12H2,1-2H3,(H,21,22)/t14-,17+/m0/s1. The minimum Gasteiger partial charge on any atom is -0.342 e. The molecule has 2 fully saturated rings. The molecule has 1 aromatic carbocycles. The number of nitrogens with zero attached hydrogens (tertiary/aromatic N) is 3. The summed E-state index contributed by atoms with van der Waals surface area (Å²) in [5.74, 6) is 1.54. The van der Waals surface area contributed by atoms with Gasteiger partial charge in [0.25, 0.3) is 5.91 Å². The fourth-order valence-corrected chi connectivity index (χ4v) is 4.57. The fraction of sp³-hybridized carbons (Fsp3) is 0.550. The molecule has 4 rings (SSSR count). The minimum absolute atomic E-state index is 0.0551. The first-order valence-electron chi connectivity index (χ1n) is 9.62. The summed E-state index contributed by atoms with van der Waals surface area (Å²) in [6.45, 7) is 6.28. The van der Waals surface area contributed by atoms with Gasteiger partial charge in [0.2, 0.25) is 5.91 Å². The molecule has 0 spiro atoms. The number of piperidine rings is 2. The summed E-state index contributed by atoms with van der Waals surface area (Å²) in [6, 6.07) is 6.02. The Hall–Kier alpha value is -2.37. The molecule has 2 aliphatic rings. The van der Waals surface area contributed by atoms with Crippen LogP contribution in [0.4, 0.5) is 0 Å². The quantitative estimate of drug-likeness (QED) is 0.921. The molecule has 2 amide bonds. The number of amides is 2. The third kappa shape index (κ3) is 2.87. The maximum atomic E-state index is 13.2. The number of imidazole rings is 1. The van der Waals surface area contributed by atoms with Gasteiger partial charge in [-0.05, 0) is 44.2 Å². The number of nitrogens with one attached hydrogen (secondary N) is 1. The van der Waals surface area contributed by atoms with Crippen molar-refractivity contribution in [3.63, 3.8) is 0 Å². The van der Waals surface area contributed by atoms with Crippen molar-refractivity contribution in [3.8, 4) is 0 Å². The highest BCUT2D eigenvalue weighted by Gasteiger charge is 2.40. The number of benzene rings is 1. The van der Waals surface area contributed by atoms with Crippen molar-refractivity contribution >= 4 is 22.8 Å². The molecule has 0 radical (unpaired) electrons. The van der Waals surface area contributed by atoms with Crippen LogP contribution in [-0.2, 0) is 4.79 Å². The van der Waals surface area contributed by atoms with Gasteiger partial charge >= 0.3 is 0 Å². The summed E-state index contributed by atoms with van der Waals surface area (Å²) in [5.41, 5.74) is 2.33. The van der Waals surface area contributed by atoms with Crippen LogP contribution in [0.2, 0.25) is 0 Å². The Morgan fingerprint density at radius 3 is 3.00 bits per heavy atom. The van der Waals surface area contributed by atoms with E-state index in [1.165, 1.54) is 0 Å². The van der Waals surface area contributed by atoms with Crippen LogP contribution in [0, 0.1) is 12.8 Å². The van der Waals surface area contributed by atoms with E-state index in [0.717, 1.165) is 49.2 Å². The van der Waals surface area contributed by atoms with Crippen LogP contribution in [0.15, 0.2) is 18.2 Å². The largest absolute Gasteiger partial charge is 0.342 e. The number of likely N-dealkylation sites (tertiary alicyclic amines) is 2. The average molecular weight is 354 g/mol. The van der Waals surface area contributed by atoms with Gasteiger partial charge in [0.1, 0.15) is 11.3 Å². The van der Waals surface area contributed by atoms with Crippen molar-refractivity contribution in [2.24, 2.45) is 5.92 Å². The molecule has 1 aromatic heterocycles. The van der Waals surface area contributed by atoms with Crippen LogP contribution in [0.3, 0.4) is 0 Å². The van der Waals surface area contributed by atoms with Gasteiger partial charge in [0, 0.05) is 32.1 Å². The van der Waals surface area contributed by atoms with E-state index in [9.17, 15) is 9.59 Å². The van der Waals surface area contributed by atoms with Crippen molar-refractivity contribution in [2.45, 2.75) is 45.6 Å². The monoisotopic (exact) mass is 354 g/mol. The normalized spacial score (nSPS) is 23.4. The smallest absolute Gasteiger partial charge is 0.256 e. The Balaban J connectivity index is 1.55. The molecule has 0 unspecified atom stereocenters. The summed E-state index contributed by atoms with van der Waals surface area (Å²) in [7, 11) is 0. The second kappa shape index (κ2) is 6.74. The maximum absolute atomic E-state index is 13.2. The van der Waals surface area contributed by atoms with Gasteiger partial charge in [-0.25, -0.2) is 4.98 Å². The number of aromatic amines is 1. The highest BCUT2D eigenvalue weighted by Crippen LogP contribution is 2.32. The van der Waals surface area contributed by atoms with Crippen molar-refractivity contribution < 1.29 is 9.59 Å². The number of H-pyrrole nitrogens is 1. The Kier molecular flexibility index (Phi) is 4.42. The molecule has 26 heavy (non-hydrogen) atoms. The number of carbonyl (C=O) groups is 2. The first-order valence-corrected chi connectivity index (χ1v) is 9.62. The molecule has 3 heterocycles. The Bertz CT molecular complexity index is 843. The lowest BCUT2D eigenvalue weighted by atomic mass is 9.83. The number of aryl methyl sites for hydroxylation is 1. The molecule has 0 bridgehead atoms. The summed E-state index contributed by atoms with van der Waals surface area (Å²) in [5, 5.41) is 0. The third-order valence-electron chi connectivity index (χ3n) is 5.76. The summed E-state index contributed by atoms with van der Waals surface area (Å²) in [6.07, 6.45) is 3.35. The molecular weight excluding hydrogens is 328 g/mol. The lowest BCUT2D eigenvalue weighted by Crippen LogP contribution is -2.57. The van der Waals surface area contributed by atoms with Crippen molar-refractivity contribution in [3.05, 3.63) is 29.6 Å². The van der Waals surface area contributed by atoms with Crippen LogP contribution in [-0.4, -0.2) is 57.3 Å². The number of hydrogen-bond donors (Lipinski definition) is 1. The van der Waals surface area contributed by atoms with Gasteiger partial charge in [0.05, 0.1) is 11.1 Å². The molecule has 6 heteroatoms. The Morgan fingerprint density at radius 2 is 2.19 bits per heavy atom. The van der Waals surface area contributed by atoms with Crippen LogP contribution >= 0.6 is 0 Å². The number of hydrogen-bond acceptors (Lipinski definition) is 3. The lowest BCUT2D eigenvalue weighted by molar-refractivity contribution is -0.140. The number of fused-ring (bicyclic) bond motifs is 2. The lowest BCUT2D eigenvalue weighted by Gasteiger charge is -2.47. The highest BCUT2D eigenvalue weighted by atomic mass is 16.2. The van der Waals surface area contributed by atoms with Crippen LogP contribution in [0.1, 0.15) is 48.8 Å². The van der Waals surface area contributed by atoms with E-state index in [1.807, 2.05) is 30.0 Å². The minimum atomic E-state index is 0.0551. The van der Waals surface area contributed by atoms with Gasteiger partial charge in [-0.15, -0.1) is 0 Å². The number of para-hydroxylation sites is 1. The predicted octanol–water partition coefficient (Wildman–Crippen LogP) is 2.73. The van der Waals surface area contributed by atoms with Gasteiger partial charge in [-0.1, -0.05) is 13.0 Å². The first kappa shape index (κ1) is 17.1. The summed E-state index contributed by atoms with van der Waals surface area (Å²) >= 11 is 0. The first-order chi connectivity index (χ1) is 12.6. The SMILES string of the molecule is CCCN1C(=O)CC[C@H]2CN(C(=O)c3cccc4[nH]c(C)nc34)CC[C@H]21. The van der Waals surface area contributed by atoms with E-state index >= 15 is 0 Å². The molecule has 0 saturated carbocycles. The van der Waals surface area contributed by atoms with E-state index in [4.69, 9.17) is 0 Å². The summed E-state index contributed by atoms with van der Waals surface area (Å²) in [4.78, 5) is 37.1. The number of aromatic nitrogens is 2. The second-order valence-electron chi connectivity index (χ2n) is 7.52. The van der Waals surface area contributed by atoms with Gasteiger partial charge < -0.3 is 14.8 Å². The topological polar surface area (TPSA) is 69.3 Å². The highest BCUT2D eigenvalue weighted by molar-refractivity contribution is 6.05. The average Bonchev–Trinajstić information content (AvgIpc) is 3.03. The maximum Gasteiger partial charge on any atom is 0.256 e. The van der Waals surface area contributed by atoms with E-state index in [0.29, 0.717) is 30.5 Å². The molecule has 2 saturated heterocycles. The zero-order chi connectivity index (χ0) is 18.3. The third-order valence-corrected chi connectivity index (χ3v) is 5.76. The van der Waals surface area contributed by atoms with Crippen molar-refractivity contribution in [1.82, 2.24) is 19.8 Å². The number of rotatable bonds is 3. The zero-order valence-electron chi connectivity index (χ0n) is 15.5. The summed E-state index contributed by atoms with van der Waals surface area (Å²) < 4.78 is 0. The molecule has 2 atom stereocenters. The number of carbonyl (C=O) groups excluding carboxylic acids is 2. The van der Waals surface area contributed by atoms with Gasteiger partial charge in [0.15, 0.2) is 0 Å². The molecule has 138 valence electrons. The molecule has 2 aliphatic heterocycles. The van der Waals surface area contributed by atoms with Gasteiger partial charge in [-0.3, -0.25) is 9.59 Å². The fourth-order valence-electron chi connectivity index (χ4n) is 4.57. The van der Waals surface area contributed by atoms with E-state index < -0.39 is 0 Å². The predicted molar refractivity (Wildman–Crippen MR) is 99.9 cm³/mol. The van der Waals surface area contributed by atoms with E-state index in [1.54, 1.807) is 0 Å². The van der Waals surface area contributed by atoms with Gasteiger partial charge in [-0.2, -0.15) is 0 Å². The molecular formula is C20H26N4O2. The molecule has 2 aromatic rings. The Labute approximate surface area is 153 Å². The van der Waals surface area contributed by atoms with E-state index in [2.05, 4.69) is 21.8 Å².